The molecule has 0 saturated carbocycles. The SMILES string of the molecule is CC[C@@H]1OC(=O)[C@H](C)C(=O)[C@H](C)[C@@H](OC2O[C@H](C)C[C@H](N(C)C)[C@H]2O[Si](CC)(CC)CC)[C@](C)(OC)C[C@@H](C)C(=O)[C@H](C)[C@H]2[C@H](/C(N)=N/OCc3ccccc3)C(=O)O[C@]21C. The number of Topliss-reactive ketones (excluding diaryl/α,β-unsaturated/α-hetero) is 2. The Kier molecular flexibility index (Phi) is 17.3. The number of amidine groups is 1. The highest BCUT2D eigenvalue weighted by Crippen LogP contribution is 2.48. The fourth-order valence-corrected chi connectivity index (χ4v) is 13.0. The smallest absolute Gasteiger partial charge is 0.317 e. The van der Waals surface area contributed by atoms with E-state index < -0.39 is 97.4 Å². The number of ketones is 2. The first kappa shape index (κ1) is 50.4. The van der Waals surface area contributed by atoms with Gasteiger partial charge < -0.3 is 43.6 Å². The lowest BCUT2D eigenvalue weighted by Gasteiger charge is -2.50. The number of rotatable bonds is 14. The van der Waals surface area contributed by atoms with Crippen LogP contribution in [0.4, 0.5) is 0 Å². The summed E-state index contributed by atoms with van der Waals surface area (Å²) in [5.41, 5.74) is 4.62. The lowest BCUT2D eigenvalue weighted by atomic mass is 9.67. The first-order valence-corrected chi connectivity index (χ1v) is 24.9. The van der Waals surface area contributed by atoms with E-state index in [0.29, 0.717) is 6.42 Å². The lowest BCUT2D eigenvalue weighted by molar-refractivity contribution is -0.292. The number of cyclic esters (lactones) is 1. The Morgan fingerprint density at radius 2 is 1.54 bits per heavy atom. The van der Waals surface area contributed by atoms with Gasteiger partial charge in [-0.1, -0.05) is 84.0 Å². The second-order valence-corrected chi connectivity index (χ2v) is 23.1. The molecule has 4 rings (SSSR count). The van der Waals surface area contributed by atoms with Gasteiger partial charge in [-0.05, 0) is 84.7 Å². The van der Waals surface area contributed by atoms with Crippen LogP contribution in [0, 0.1) is 35.5 Å². The maximum absolute atomic E-state index is 14.9. The number of oxime groups is 1. The number of hydrogen-bond acceptors (Lipinski definition) is 13. The number of carbonyl (C=O) groups is 4. The van der Waals surface area contributed by atoms with E-state index >= 15 is 0 Å². The van der Waals surface area contributed by atoms with Gasteiger partial charge in [-0.2, -0.15) is 0 Å². The molecule has 1 unspecified atom stereocenters. The van der Waals surface area contributed by atoms with Crippen molar-refractivity contribution in [2.24, 2.45) is 46.4 Å². The third-order valence-electron chi connectivity index (χ3n) is 14.2. The summed E-state index contributed by atoms with van der Waals surface area (Å²) in [6.45, 7) is 20.7. The summed E-state index contributed by atoms with van der Waals surface area (Å²) in [7, 11) is 3.37. The highest BCUT2D eigenvalue weighted by Gasteiger charge is 2.63. The van der Waals surface area contributed by atoms with E-state index in [0.717, 1.165) is 23.7 Å². The van der Waals surface area contributed by atoms with Crippen molar-refractivity contribution >= 4 is 37.7 Å². The molecule has 2 N–H and O–H groups in total. The van der Waals surface area contributed by atoms with Crippen molar-refractivity contribution in [2.75, 3.05) is 21.2 Å². The maximum Gasteiger partial charge on any atom is 0.317 e. The first-order chi connectivity index (χ1) is 28.7. The fraction of sp³-hybridized carbons (Fsp3) is 0.761. The van der Waals surface area contributed by atoms with Gasteiger partial charge in [0.2, 0.25) is 0 Å². The van der Waals surface area contributed by atoms with Crippen LogP contribution < -0.4 is 5.73 Å². The summed E-state index contributed by atoms with van der Waals surface area (Å²) in [5.74, 6) is -8.14. The molecule has 3 aliphatic rings. The van der Waals surface area contributed by atoms with Crippen LogP contribution in [0.3, 0.4) is 0 Å². The van der Waals surface area contributed by atoms with Gasteiger partial charge in [0.1, 0.15) is 36.4 Å². The molecule has 0 aliphatic carbocycles. The van der Waals surface area contributed by atoms with Crippen LogP contribution in [0.2, 0.25) is 18.1 Å². The molecular formula is C46H75N3O11Si. The van der Waals surface area contributed by atoms with Crippen LogP contribution in [0.25, 0.3) is 0 Å². The van der Waals surface area contributed by atoms with Gasteiger partial charge in [-0.25, -0.2) is 0 Å². The highest BCUT2D eigenvalue weighted by molar-refractivity contribution is 6.73. The minimum atomic E-state index is -2.22. The van der Waals surface area contributed by atoms with Crippen LogP contribution in [-0.2, 0) is 58.7 Å². The molecule has 3 aliphatic heterocycles. The second kappa shape index (κ2) is 21.0. The van der Waals surface area contributed by atoms with E-state index in [-0.39, 0.29) is 43.2 Å². The molecule has 0 amide bonds. The monoisotopic (exact) mass is 874 g/mol. The quantitative estimate of drug-likeness (QED) is 0.0524. The van der Waals surface area contributed by atoms with Gasteiger partial charge in [0.25, 0.3) is 0 Å². The van der Waals surface area contributed by atoms with E-state index in [1.165, 1.54) is 14.0 Å². The summed E-state index contributed by atoms with van der Waals surface area (Å²) < 4.78 is 39.6. The molecule has 15 heteroatoms. The second-order valence-electron chi connectivity index (χ2n) is 18.4. The van der Waals surface area contributed by atoms with E-state index in [4.69, 9.17) is 38.7 Å². The molecule has 3 saturated heterocycles. The first-order valence-electron chi connectivity index (χ1n) is 22.4. The van der Waals surface area contributed by atoms with Crippen LogP contribution >= 0.6 is 0 Å². The minimum absolute atomic E-state index is 0.0527. The summed E-state index contributed by atoms with van der Waals surface area (Å²) in [4.78, 5) is 65.4. The van der Waals surface area contributed by atoms with Crippen molar-refractivity contribution in [3.05, 3.63) is 35.9 Å². The predicted molar refractivity (Wildman–Crippen MR) is 235 cm³/mol. The molecule has 0 bridgehead atoms. The number of likely N-dealkylation sites (N-methyl/N-ethyl adjacent to an activating group) is 1. The Labute approximate surface area is 365 Å². The molecule has 0 radical (unpaired) electrons. The van der Waals surface area contributed by atoms with Gasteiger partial charge in [0, 0.05) is 36.8 Å². The van der Waals surface area contributed by atoms with Crippen molar-refractivity contribution in [1.29, 1.82) is 0 Å². The molecule has 1 aromatic rings. The molecule has 3 fully saturated rings. The topological polar surface area (TPSA) is 175 Å². The number of methoxy groups -OCH3 is 1. The van der Waals surface area contributed by atoms with Crippen LogP contribution in [0.5, 0.6) is 0 Å². The van der Waals surface area contributed by atoms with Crippen molar-refractivity contribution in [3.63, 3.8) is 0 Å². The number of esters is 2. The van der Waals surface area contributed by atoms with Crippen LogP contribution in [0.15, 0.2) is 35.5 Å². The summed E-state index contributed by atoms with van der Waals surface area (Å²) >= 11 is 0. The van der Waals surface area contributed by atoms with Gasteiger partial charge in [-0.15, -0.1) is 0 Å². The largest absolute Gasteiger partial charge is 0.458 e. The minimum Gasteiger partial charge on any atom is -0.458 e. The fourth-order valence-electron chi connectivity index (χ4n) is 10.2. The zero-order chi connectivity index (χ0) is 45.6. The van der Waals surface area contributed by atoms with Crippen LogP contribution in [-0.4, -0.2) is 112 Å². The molecule has 344 valence electrons. The van der Waals surface area contributed by atoms with Gasteiger partial charge in [0.15, 0.2) is 31.8 Å². The standard InChI is InChI=1S/C46H75N3O11Si/c1-15-34-46(11)36(35(43(53)59-46)41(47)48-55-26-32-22-20-19-21-23-32)29(7)37(50)27(5)25-45(10,54-14)40(30(8)38(51)31(9)42(52)57-34)58-44-39(60-61(16-2,17-3)18-4)33(49(12)13)24-28(6)56-44/h19-23,27-31,33-36,39-40,44H,15-18,24-26H2,1-14H3,(H2,47,48)/t27-,28-,29-,30+,31-,33+,34+,35-,36+,39-,40-,44?,45-,46+/m1/s1. The number of benzene rings is 1. The Hall–Kier alpha value is -3.21. The van der Waals surface area contributed by atoms with Gasteiger partial charge >= 0.3 is 11.9 Å². The number of carbonyl (C=O) groups excluding carboxylic acids is 4. The van der Waals surface area contributed by atoms with Crippen LogP contribution in [0.1, 0.15) is 101 Å². The predicted octanol–water partition coefficient (Wildman–Crippen LogP) is 6.68. The Morgan fingerprint density at radius 3 is 2.10 bits per heavy atom. The third-order valence-corrected chi connectivity index (χ3v) is 18.9. The summed E-state index contributed by atoms with van der Waals surface area (Å²) in [6, 6.07) is 12.1. The van der Waals surface area contributed by atoms with Crippen molar-refractivity contribution in [3.8, 4) is 0 Å². The Bertz CT molecular complexity index is 1680. The number of hydrogen-bond donors (Lipinski definition) is 1. The van der Waals surface area contributed by atoms with E-state index in [2.05, 4.69) is 30.8 Å². The van der Waals surface area contributed by atoms with Crippen molar-refractivity contribution in [2.45, 2.75) is 168 Å². The molecule has 61 heavy (non-hydrogen) atoms. The van der Waals surface area contributed by atoms with Gasteiger partial charge in [-0.3, -0.25) is 19.2 Å². The number of fused-ring (bicyclic) bond motifs is 1. The highest BCUT2D eigenvalue weighted by atomic mass is 28.4. The van der Waals surface area contributed by atoms with Gasteiger partial charge in [0.05, 0.1) is 17.8 Å². The zero-order valence-corrected chi connectivity index (χ0v) is 40.2. The normalized spacial score (nSPS) is 37.2. The van der Waals surface area contributed by atoms with Crippen molar-refractivity contribution in [1.82, 2.24) is 4.90 Å². The summed E-state index contributed by atoms with van der Waals surface area (Å²) in [5, 5.41) is 4.14. The molecule has 14 nitrogen and oxygen atoms in total. The molecule has 0 aromatic heterocycles. The Balaban J connectivity index is 1.81. The molecule has 0 spiro atoms. The molecule has 3 heterocycles. The maximum atomic E-state index is 14.9. The third kappa shape index (κ3) is 10.8. The lowest BCUT2D eigenvalue weighted by Crippen LogP contribution is -2.62. The number of nitrogens with zero attached hydrogens (tertiary/aromatic N) is 2. The average molecular weight is 874 g/mol. The van der Waals surface area contributed by atoms with Crippen molar-refractivity contribution < 1.29 is 52.1 Å². The summed E-state index contributed by atoms with van der Waals surface area (Å²) in [6.07, 6.45) is -2.56. The van der Waals surface area contributed by atoms with E-state index in [1.54, 1.807) is 27.7 Å². The van der Waals surface area contributed by atoms with E-state index in [9.17, 15) is 19.2 Å². The molecule has 1 aromatic carbocycles. The number of ether oxygens (including phenoxy) is 5. The number of nitrogens with two attached hydrogens (primary N) is 1. The zero-order valence-electron chi connectivity index (χ0n) is 39.2. The average Bonchev–Trinajstić information content (AvgIpc) is 3.52. The van der Waals surface area contributed by atoms with E-state index in [1.807, 2.05) is 65.2 Å². The molecule has 14 atom stereocenters. The Morgan fingerprint density at radius 1 is 0.918 bits per heavy atom. The molecular weight excluding hydrogens is 799 g/mol.